The van der Waals surface area contributed by atoms with Crippen LogP contribution in [0.2, 0.25) is 0 Å². The molecule has 0 saturated heterocycles. The molecule has 98 valence electrons. The van der Waals surface area contributed by atoms with Gasteiger partial charge in [0.25, 0.3) is 0 Å². The third-order valence-corrected chi connectivity index (χ3v) is 3.54. The molecule has 1 aliphatic rings. The number of nitrogens with one attached hydrogen (secondary N) is 1. The molecule has 4 nitrogen and oxygen atoms in total. The molecule has 0 spiro atoms. The van der Waals surface area contributed by atoms with Crippen molar-refractivity contribution >= 4 is 11.9 Å². The second kappa shape index (κ2) is 7.30. The molecule has 17 heavy (non-hydrogen) atoms. The number of aliphatic carboxylic acids is 1. The van der Waals surface area contributed by atoms with E-state index in [0.717, 1.165) is 0 Å². The van der Waals surface area contributed by atoms with E-state index in [2.05, 4.69) is 12.2 Å². The van der Waals surface area contributed by atoms with Crippen LogP contribution in [0.1, 0.15) is 58.3 Å². The minimum Gasteiger partial charge on any atom is -0.481 e. The average Bonchev–Trinajstić information content (AvgIpc) is 2.77. The van der Waals surface area contributed by atoms with E-state index >= 15 is 0 Å². The fourth-order valence-electron chi connectivity index (χ4n) is 2.46. The van der Waals surface area contributed by atoms with Gasteiger partial charge in [-0.05, 0) is 38.5 Å². The number of carboxylic acids is 1. The largest absolute Gasteiger partial charge is 0.481 e. The van der Waals surface area contributed by atoms with Gasteiger partial charge in [0.05, 0.1) is 0 Å². The predicted octanol–water partition coefficient (Wildman–Crippen LogP) is 2.33. The highest BCUT2D eigenvalue weighted by Crippen LogP contribution is 2.27. The molecule has 0 aromatic carbocycles. The first-order chi connectivity index (χ1) is 8.09. The van der Waals surface area contributed by atoms with E-state index in [-0.39, 0.29) is 18.4 Å². The zero-order valence-electron chi connectivity index (χ0n) is 10.6. The van der Waals surface area contributed by atoms with Gasteiger partial charge >= 0.3 is 5.97 Å². The summed E-state index contributed by atoms with van der Waals surface area (Å²) in [6.07, 6.45) is 6.86. The van der Waals surface area contributed by atoms with Crippen molar-refractivity contribution in [2.75, 3.05) is 0 Å². The van der Waals surface area contributed by atoms with Crippen LogP contribution in [-0.4, -0.2) is 23.0 Å². The van der Waals surface area contributed by atoms with Gasteiger partial charge in [0.2, 0.25) is 5.91 Å². The van der Waals surface area contributed by atoms with Gasteiger partial charge in [0, 0.05) is 18.9 Å². The maximum Gasteiger partial charge on any atom is 0.303 e. The number of hydrogen-bond donors (Lipinski definition) is 2. The lowest BCUT2D eigenvalue weighted by atomic mass is 9.99. The molecule has 2 N–H and O–H groups in total. The number of amides is 1. The first kappa shape index (κ1) is 14.0. The summed E-state index contributed by atoms with van der Waals surface area (Å²) in [6, 6.07) is 0.268. The Hall–Kier alpha value is -1.06. The highest BCUT2D eigenvalue weighted by Gasteiger charge is 2.22. The SMILES string of the molecule is C[C@@H](NC(=O)CCCCC(=O)O)C1CCCC1. The lowest BCUT2D eigenvalue weighted by Crippen LogP contribution is -2.37. The molecule has 1 amide bonds. The van der Waals surface area contributed by atoms with Crippen LogP contribution in [0.4, 0.5) is 0 Å². The van der Waals surface area contributed by atoms with Crippen molar-refractivity contribution in [1.29, 1.82) is 0 Å². The van der Waals surface area contributed by atoms with Gasteiger partial charge in [-0.3, -0.25) is 9.59 Å². The minimum atomic E-state index is -0.787. The molecule has 1 saturated carbocycles. The van der Waals surface area contributed by atoms with Crippen LogP contribution in [0.25, 0.3) is 0 Å². The number of carbonyl (C=O) groups is 2. The average molecular weight is 241 g/mol. The maximum absolute atomic E-state index is 11.6. The zero-order chi connectivity index (χ0) is 12.7. The van der Waals surface area contributed by atoms with Crippen LogP contribution in [0.5, 0.6) is 0 Å². The van der Waals surface area contributed by atoms with Gasteiger partial charge in [-0.25, -0.2) is 0 Å². The molecule has 1 rings (SSSR count). The van der Waals surface area contributed by atoms with Crippen LogP contribution >= 0.6 is 0 Å². The van der Waals surface area contributed by atoms with E-state index in [9.17, 15) is 9.59 Å². The van der Waals surface area contributed by atoms with Gasteiger partial charge in [0.1, 0.15) is 0 Å². The molecule has 1 atom stereocenters. The quantitative estimate of drug-likeness (QED) is 0.672. The Balaban J connectivity index is 2.09. The molecule has 1 aliphatic carbocycles. The molecule has 0 aromatic heterocycles. The maximum atomic E-state index is 11.6. The van der Waals surface area contributed by atoms with E-state index in [1.165, 1.54) is 25.7 Å². The van der Waals surface area contributed by atoms with Crippen LogP contribution in [0.15, 0.2) is 0 Å². The number of hydrogen-bond acceptors (Lipinski definition) is 2. The predicted molar refractivity (Wildman–Crippen MR) is 65.7 cm³/mol. The second-order valence-corrected chi connectivity index (χ2v) is 5.00. The standard InChI is InChI=1S/C13H23NO3/c1-10(11-6-2-3-7-11)14-12(15)8-4-5-9-13(16)17/h10-11H,2-9H2,1H3,(H,14,15)(H,16,17)/t10-/m1/s1. The summed E-state index contributed by atoms with van der Waals surface area (Å²) in [7, 11) is 0. The Bertz CT molecular complexity index is 259. The van der Waals surface area contributed by atoms with E-state index < -0.39 is 5.97 Å². The van der Waals surface area contributed by atoms with Crippen molar-refractivity contribution in [3.8, 4) is 0 Å². The van der Waals surface area contributed by atoms with Crippen LogP contribution in [0, 0.1) is 5.92 Å². The number of carboxylic acid groups (broad SMARTS) is 1. The Labute approximate surface area is 103 Å². The minimum absolute atomic E-state index is 0.0646. The molecule has 4 heteroatoms. The molecule has 0 unspecified atom stereocenters. The van der Waals surface area contributed by atoms with Crippen molar-refractivity contribution in [2.24, 2.45) is 5.92 Å². The molecule has 0 aromatic rings. The molecule has 0 heterocycles. The van der Waals surface area contributed by atoms with Gasteiger partial charge in [-0.1, -0.05) is 12.8 Å². The zero-order valence-corrected chi connectivity index (χ0v) is 10.6. The van der Waals surface area contributed by atoms with E-state index in [1.54, 1.807) is 0 Å². The molecule has 0 aliphatic heterocycles. The normalized spacial score (nSPS) is 17.9. The highest BCUT2D eigenvalue weighted by molar-refractivity contribution is 5.76. The Morgan fingerprint density at radius 2 is 1.82 bits per heavy atom. The summed E-state index contributed by atoms with van der Waals surface area (Å²) in [6.45, 7) is 2.07. The summed E-state index contributed by atoms with van der Waals surface area (Å²) in [5, 5.41) is 11.5. The van der Waals surface area contributed by atoms with Gasteiger partial charge < -0.3 is 10.4 Å². The lowest BCUT2D eigenvalue weighted by Gasteiger charge is -2.20. The molecular weight excluding hydrogens is 218 g/mol. The topological polar surface area (TPSA) is 66.4 Å². The fourth-order valence-corrected chi connectivity index (χ4v) is 2.46. The Morgan fingerprint density at radius 1 is 1.24 bits per heavy atom. The summed E-state index contributed by atoms with van der Waals surface area (Å²) in [4.78, 5) is 21.9. The third kappa shape index (κ3) is 5.71. The summed E-state index contributed by atoms with van der Waals surface area (Å²) in [5.41, 5.74) is 0. The van der Waals surface area contributed by atoms with Gasteiger partial charge in [0.15, 0.2) is 0 Å². The van der Waals surface area contributed by atoms with E-state index in [1.807, 2.05) is 0 Å². The second-order valence-electron chi connectivity index (χ2n) is 5.00. The van der Waals surface area contributed by atoms with E-state index in [0.29, 0.717) is 25.2 Å². The van der Waals surface area contributed by atoms with Crippen LogP contribution < -0.4 is 5.32 Å². The smallest absolute Gasteiger partial charge is 0.303 e. The number of unbranched alkanes of at least 4 members (excludes halogenated alkanes) is 1. The van der Waals surface area contributed by atoms with Crippen LogP contribution in [0.3, 0.4) is 0 Å². The third-order valence-electron chi connectivity index (χ3n) is 3.54. The highest BCUT2D eigenvalue weighted by atomic mass is 16.4. The van der Waals surface area contributed by atoms with Gasteiger partial charge in [-0.15, -0.1) is 0 Å². The first-order valence-corrected chi connectivity index (χ1v) is 6.60. The lowest BCUT2D eigenvalue weighted by molar-refractivity contribution is -0.137. The van der Waals surface area contributed by atoms with Crippen molar-refractivity contribution in [2.45, 2.75) is 64.3 Å². The summed E-state index contributed by atoms with van der Waals surface area (Å²) < 4.78 is 0. The van der Waals surface area contributed by atoms with Crippen molar-refractivity contribution in [1.82, 2.24) is 5.32 Å². The summed E-state index contributed by atoms with van der Waals surface area (Å²) in [5.74, 6) is -0.0857. The summed E-state index contributed by atoms with van der Waals surface area (Å²) >= 11 is 0. The fraction of sp³-hybridized carbons (Fsp3) is 0.846. The van der Waals surface area contributed by atoms with Gasteiger partial charge in [-0.2, -0.15) is 0 Å². The molecule has 0 bridgehead atoms. The Morgan fingerprint density at radius 3 is 2.41 bits per heavy atom. The molecular formula is C13H23NO3. The van der Waals surface area contributed by atoms with Crippen molar-refractivity contribution in [3.63, 3.8) is 0 Å². The van der Waals surface area contributed by atoms with Crippen molar-refractivity contribution in [3.05, 3.63) is 0 Å². The molecule has 1 fully saturated rings. The first-order valence-electron chi connectivity index (χ1n) is 6.60. The number of carbonyl (C=O) groups excluding carboxylic acids is 1. The van der Waals surface area contributed by atoms with Crippen molar-refractivity contribution < 1.29 is 14.7 Å². The monoisotopic (exact) mass is 241 g/mol. The van der Waals surface area contributed by atoms with Crippen LogP contribution in [-0.2, 0) is 9.59 Å². The molecule has 0 radical (unpaired) electrons. The Kier molecular flexibility index (Phi) is 6.01. The van der Waals surface area contributed by atoms with E-state index in [4.69, 9.17) is 5.11 Å². The number of rotatable bonds is 7.